The van der Waals surface area contributed by atoms with Crippen LogP contribution in [-0.2, 0) is 17.4 Å². The van der Waals surface area contributed by atoms with Crippen molar-refractivity contribution >= 4 is 10.8 Å². The molecule has 0 amide bonds. The van der Waals surface area contributed by atoms with Crippen LogP contribution < -0.4 is 0 Å². The van der Waals surface area contributed by atoms with E-state index in [1.54, 1.807) is 24.3 Å². The molecule has 0 saturated carbocycles. The zero-order valence-electron chi connectivity index (χ0n) is 8.35. The Morgan fingerprint density at radius 2 is 2.00 bits per heavy atom. The second kappa shape index (κ2) is 6.33. The van der Waals surface area contributed by atoms with Crippen LogP contribution in [0.15, 0.2) is 29.2 Å². The van der Waals surface area contributed by atoms with Gasteiger partial charge in [-0.15, -0.1) is 0 Å². The number of unbranched alkanes of at least 4 members (excludes halogenated alkanes) is 1. The van der Waals surface area contributed by atoms with Crippen molar-refractivity contribution in [2.24, 2.45) is 0 Å². The highest BCUT2D eigenvalue weighted by Gasteiger charge is 2.02. The third-order valence-electron chi connectivity index (χ3n) is 1.99. The second-order valence-corrected chi connectivity index (χ2v) is 4.68. The highest BCUT2D eigenvalue weighted by molar-refractivity contribution is 7.85. The van der Waals surface area contributed by atoms with E-state index in [-0.39, 0.29) is 6.61 Å². The quantitative estimate of drug-likeness (QED) is 0.771. The van der Waals surface area contributed by atoms with Crippen molar-refractivity contribution < 1.29 is 9.32 Å². The van der Waals surface area contributed by atoms with Gasteiger partial charge in [-0.2, -0.15) is 5.26 Å². The van der Waals surface area contributed by atoms with Gasteiger partial charge in [0.1, 0.15) is 0 Å². The summed E-state index contributed by atoms with van der Waals surface area (Å²) >= 11 is 0. The van der Waals surface area contributed by atoms with Crippen LogP contribution >= 0.6 is 0 Å². The first kappa shape index (κ1) is 11.9. The van der Waals surface area contributed by atoms with E-state index < -0.39 is 10.8 Å². The van der Waals surface area contributed by atoms with Crippen molar-refractivity contribution in [3.8, 4) is 6.07 Å². The summed E-state index contributed by atoms with van der Waals surface area (Å²) in [6, 6.07) is 9.06. The largest absolute Gasteiger partial charge is 0.392 e. The lowest BCUT2D eigenvalue weighted by molar-refractivity contribution is 0.282. The molecule has 0 saturated heterocycles. The number of hydrogen-bond donors (Lipinski definition) is 1. The van der Waals surface area contributed by atoms with Crippen LogP contribution in [0.2, 0.25) is 0 Å². The maximum atomic E-state index is 11.7. The molecular weight excluding hydrogens is 210 g/mol. The number of rotatable bonds is 5. The maximum Gasteiger partial charge on any atom is 0.0681 e. The van der Waals surface area contributed by atoms with E-state index >= 15 is 0 Å². The summed E-state index contributed by atoms with van der Waals surface area (Å²) in [7, 11) is -1.03. The summed E-state index contributed by atoms with van der Waals surface area (Å²) in [6.45, 7) is 0.00134. The van der Waals surface area contributed by atoms with Gasteiger partial charge in [-0.3, -0.25) is 4.21 Å². The number of aliphatic hydroxyl groups excluding tert-OH is 1. The molecule has 1 aromatic rings. The molecule has 0 aromatic heterocycles. The normalized spacial score (nSPS) is 12.0. The standard InChI is InChI=1S/C11H13NO2S/c12-7-1-2-8-15(14)11-5-3-10(9-13)4-6-11/h3-6,13H,1-2,8-9H2/t15-/m0/s1. The van der Waals surface area contributed by atoms with E-state index in [0.717, 1.165) is 10.5 Å². The molecule has 1 rings (SSSR count). The Bertz CT molecular complexity index is 367. The van der Waals surface area contributed by atoms with Gasteiger partial charge in [-0.25, -0.2) is 0 Å². The molecule has 0 heterocycles. The predicted octanol–water partition coefficient (Wildman–Crippen LogP) is 1.59. The van der Waals surface area contributed by atoms with E-state index in [2.05, 4.69) is 0 Å². The molecule has 1 atom stereocenters. The van der Waals surface area contributed by atoms with Crippen molar-refractivity contribution in [2.75, 3.05) is 5.75 Å². The van der Waals surface area contributed by atoms with Crippen molar-refractivity contribution in [3.05, 3.63) is 29.8 Å². The first-order valence-electron chi connectivity index (χ1n) is 4.73. The van der Waals surface area contributed by atoms with Gasteiger partial charge in [0.15, 0.2) is 0 Å². The van der Waals surface area contributed by atoms with Crippen LogP contribution in [0.25, 0.3) is 0 Å². The van der Waals surface area contributed by atoms with Crippen molar-refractivity contribution in [3.63, 3.8) is 0 Å². The van der Waals surface area contributed by atoms with Gasteiger partial charge in [-0.1, -0.05) is 12.1 Å². The molecule has 0 aliphatic rings. The Balaban J connectivity index is 2.55. The number of hydrogen-bond acceptors (Lipinski definition) is 3. The molecule has 1 N–H and O–H groups in total. The van der Waals surface area contributed by atoms with Gasteiger partial charge in [0.25, 0.3) is 0 Å². The SMILES string of the molecule is N#CCCC[S@](=O)c1ccc(CO)cc1. The molecule has 4 heteroatoms. The van der Waals surface area contributed by atoms with Crippen LogP contribution in [0.4, 0.5) is 0 Å². The van der Waals surface area contributed by atoms with Gasteiger partial charge >= 0.3 is 0 Å². The molecular formula is C11H13NO2S. The summed E-state index contributed by atoms with van der Waals surface area (Å²) < 4.78 is 11.7. The molecule has 0 spiro atoms. The first-order valence-corrected chi connectivity index (χ1v) is 6.05. The summed E-state index contributed by atoms with van der Waals surface area (Å²) in [5.41, 5.74) is 0.813. The fourth-order valence-electron chi connectivity index (χ4n) is 1.15. The average molecular weight is 223 g/mol. The molecule has 1 aromatic carbocycles. The monoisotopic (exact) mass is 223 g/mol. The Morgan fingerprint density at radius 1 is 1.33 bits per heavy atom. The average Bonchev–Trinajstić information content (AvgIpc) is 2.29. The highest BCUT2D eigenvalue weighted by atomic mass is 32.2. The summed E-state index contributed by atoms with van der Waals surface area (Å²) in [5.74, 6) is 0.520. The van der Waals surface area contributed by atoms with E-state index in [1.165, 1.54) is 0 Å². The zero-order chi connectivity index (χ0) is 11.1. The summed E-state index contributed by atoms with van der Waals surface area (Å²) in [5, 5.41) is 17.2. The van der Waals surface area contributed by atoms with E-state index in [4.69, 9.17) is 10.4 Å². The van der Waals surface area contributed by atoms with Crippen LogP contribution in [-0.4, -0.2) is 15.1 Å². The van der Waals surface area contributed by atoms with Crippen LogP contribution in [0.1, 0.15) is 18.4 Å². The molecule has 0 fully saturated rings. The molecule has 80 valence electrons. The van der Waals surface area contributed by atoms with Crippen LogP contribution in [0.3, 0.4) is 0 Å². The molecule has 0 unspecified atom stereocenters. The molecule has 3 nitrogen and oxygen atoms in total. The maximum absolute atomic E-state index is 11.7. The van der Waals surface area contributed by atoms with Gasteiger partial charge < -0.3 is 5.11 Å². The van der Waals surface area contributed by atoms with Gasteiger partial charge in [0.2, 0.25) is 0 Å². The van der Waals surface area contributed by atoms with Crippen LogP contribution in [0, 0.1) is 11.3 Å². The Labute approximate surface area is 91.8 Å². The smallest absolute Gasteiger partial charge is 0.0681 e. The van der Waals surface area contributed by atoms with Crippen molar-refractivity contribution in [1.29, 1.82) is 5.26 Å². The second-order valence-electron chi connectivity index (χ2n) is 3.11. The third-order valence-corrected chi connectivity index (χ3v) is 3.44. The van der Waals surface area contributed by atoms with E-state index in [9.17, 15) is 4.21 Å². The minimum Gasteiger partial charge on any atom is -0.392 e. The summed E-state index contributed by atoms with van der Waals surface area (Å²) in [6.07, 6.45) is 1.10. The molecule has 0 aliphatic heterocycles. The predicted molar refractivity (Wildman–Crippen MR) is 58.5 cm³/mol. The molecule has 0 bridgehead atoms. The Kier molecular flexibility index (Phi) is 5.02. The van der Waals surface area contributed by atoms with E-state index in [1.807, 2.05) is 6.07 Å². The highest BCUT2D eigenvalue weighted by Crippen LogP contribution is 2.10. The van der Waals surface area contributed by atoms with E-state index in [0.29, 0.717) is 18.6 Å². The lowest BCUT2D eigenvalue weighted by atomic mass is 10.2. The lowest BCUT2D eigenvalue weighted by Gasteiger charge is -2.01. The Hall–Kier alpha value is -1.18. The number of nitriles is 1. The first-order chi connectivity index (χ1) is 7.27. The van der Waals surface area contributed by atoms with Gasteiger partial charge in [0, 0.05) is 17.1 Å². The zero-order valence-corrected chi connectivity index (χ0v) is 9.17. The number of nitrogens with zero attached hydrogens (tertiary/aromatic N) is 1. The van der Waals surface area contributed by atoms with Crippen molar-refractivity contribution in [1.82, 2.24) is 0 Å². The van der Waals surface area contributed by atoms with Gasteiger partial charge in [0.05, 0.1) is 23.5 Å². The summed E-state index contributed by atoms with van der Waals surface area (Å²) in [4.78, 5) is 0.755. The van der Waals surface area contributed by atoms with Crippen molar-refractivity contribution in [2.45, 2.75) is 24.3 Å². The topological polar surface area (TPSA) is 61.1 Å². The minimum atomic E-state index is -1.03. The van der Waals surface area contributed by atoms with Crippen LogP contribution in [0.5, 0.6) is 0 Å². The fraction of sp³-hybridized carbons (Fsp3) is 0.364. The Morgan fingerprint density at radius 3 is 2.53 bits per heavy atom. The molecule has 15 heavy (non-hydrogen) atoms. The lowest BCUT2D eigenvalue weighted by Crippen LogP contribution is -1.98. The minimum absolute atomic E-state index is 0.00134. The molecule has 0 aliphatic carbocycles. The number of benzene rings is 1. The fourth-order valence-corrected chi connectivity index (χ4v) is 2.23. The molecule has 0 radical (unpaired) electrons. The third kappa shape index (κ3) is 3.82. The van der Waals surface area contributed by atoms with Gasteiger partial charge in [-0.05, 0) is 24.1 Å². The number of aliphatic hydroxyl groups is 1.